The molecule has 1 fully saturated rings. The van der Waals surface area contributed by atoms with Crippen LogP contribution >= 0.6 is 0 Å². The summed E-state index contributed by atoms with van der Waals surface area (Å²) in [6, 6.07) is 4.27. The average molecular weight is 368 g/mol. The fourth-order valence-electron chi connectivity index (χ4n) is 3.82. The van der Waals surface area contributed by atoms with Crippen LogP contribution in [-0.2, 0) is 0 Å². The molecule has 0 aliphatic carbocycles. The van der Waals surface area contributed by atoms with E-state index in [0.29, 0.717) is 34.1 Å². The third-order valence-electron chi connectivity index (χ3n) is 5.14. The Morgan fingerprint density at radius 3 is 2.81 bits per heavy atom. The number of hydrogen-bond acceptors (Lipinski definition) is 6. The molecule has 142 valence electrons. The third kappa shape index (κ3) is 3.35. The van der Waals surface area contributed by atoms with E-state index in [4.69, 9.17) is 8.94 Å². The molecule has 0 spiro atoms. The SMILES string of the molecule is Cc1cc(-c2cc(C(=O)NC3CCNC(C)C3)c3c(C)noc3n2)c(C)o1. The van der Waals surface area contributed by atoms with Crippen molar-refractivity contribution in [2.75, 3.05) is 6.54 Å². The van der Waals surface area contributed by atoms with Crippen LogP contribution in [0.15, 0.2) is 21.1 Å². The lowest BCUT2D eigenvalue weighted by Gasteiger charge is -2.28. The molecule has 1 aliphatic rings. The van der Waals surface area contributed by atoms with E-state index in [0.717, 1.165) is 36.5 Å². The van der Waals surface area contributed by atoms with E-state index in [1.807, 2.05) is 32.9 Å². The molecule has 4 rings (SSSR count). The molecule has 1 aliphatic heterocycles. The minimum Gasteiger partial charge on any atom is -0.466 e. The number of rotatable bonds is 3. The number of aromatic nitrogens is 2. The first kappa shape index (κ1) is 17.7. The minimum absolute atomic E-state index is 0.119. The fourth-order valence-corrected chi connectivity index (χ4v) is 3.82. The summed E-state index contributed by atoms with van der Waals surface area (Å²) >= 11 is 0. The molecule has 0 aromatic carbocycles. The minimum atomic E-state index is -0.119. The highest BCUT2D eigenvalue weighted by molar-refractivity contribution is 6.07. The maximum absolute atomic E-state index is 13.1. The molecular weight excluding hydrogens is 344 g/mol. The number of amides is 1. The Morgan fingerprint density at radius 1 is 1.30 bits per heavy atom. The molecule has 2 atom stereocenters. The van der Waals surface area contributed by atoms with E-state index in [1.165, 1.54) is 0 Å². The van der Waals surface area contributed by atoms with Crippen molar-refractivity contribution in [1.29, 1.82) is 0 Å². The monoisotopic (exact) mass is 368 g/mol. The van der Waals surface area contributed by atoms with Crippen molar-refractivity contribution in [2.24, 2.45) is 0 Å². The zero-order chi connectivity index (χ0) is 19.1. The van der Waals surface area contributed by atoms with Gasteiger partial charge >= 0.3 is 0 Å². The number of carbonyl (C=O) groups excluding carboxylic acids is 1. The lowest BCUT2D eigenvalue weighted by atomic mass is 9.99. The molecule has 0 bridgehead atoms. The normalized spacial score (nSPS) is 20.1. The first-order chi connectivity index (χ1) is 12.9. The Labute approximate surface area is 157 Å². The summed E-state index contributed by atoms with van der Waals surface area (Å²) in [4.78, 5) is 17.7. The first-order valence-corrected chi connectivity index (χ1v) is 9.31. The van der Waals surface area contributed by atoms with Gasteiger partial charge in [-0.2, -0.15) is 0 Å². The smallest absolute Gasteiger partial charge is 0.259 e. The van der Waals surface area contributed by atoms with Gasteiger partial charge in [0.25, 0.3) is 11.6 Å². The van der Waals surface area contributed by atoms with E-state index in [-0.39, 0.29) is 11.9 Å². The lowest BCUT2D eigenvalue weighted by molar-refractivity contribution is 0.0927. The summed E-state index contributed by atoms with van der Waals surface area (Å²) in [5, 5.41) is 11.2. The van der Waals surface area contributed by atoms with Crippen LogP contribution in [0.4, 0.5) is 0 Å². The van der Waals surface area contributed by atoms with Crippen LogP contribution in [0.3, 0.4) is 0 Å². The maximum Gasteiger partial charge on any atom is 0.259 e. The zero-order valence-electron chi connectivity index (χ0n) is 16.0. The second-order valence-electron chi connectivity index (χ2n) is 7.38. The highest BCUT2D eigenvalue weighted by atomic mass is 16.5. The standard InChI is InChI=1S/C20H24N4O3/c1-10-7-14(5-6-21-10)22-19(25)16-9-17(15-8-11(2)26-13(15)4)23-20-18(16)12(3)24-27-20/h8-10,14,21H,5-7H2,1-4H3,(H,22,25). The first-order valence-electron chi connectivity index (χ1n) is 9.31. The quantitative estimate of drug-likeness (QED) is 0.737. The van der Waals surface area contributed by atoms with Crippen molar-refractivity contribution in [2.45, 2.75) is 52.6 Å². The van der Waals surface area contributed by atoms with E-state index in [1.54, 1.807) is 0 Å². The van der Waals surface area contributed by atoms with Gasteiger partial charge in [0, 0.05) is 17.6 Å². The largest absolute Gasteiger partial charge is 0.466 e. The van der Waals surface area contributed by atoms with Crippen molar-refractivity contribution >= 4 is 17.0 Å². The summed E-state index contributed by atoms with van der Waals surface area (Å²) in [5.74, 6) is 1.44. The zero-order valence-corrected chi connectivity index (χ0v) is 16.0. The Kier molecular flexibility index (Phi) is 4.47. The molecule has 2 N–H and O–H groups in total. The number of nitrogens with zero attached hydrogens (tertiary/aromatic N) is 2. The summed E-state index contributed by atoms with van der Waals surface area (Å²) in [5.41, 5.74) is 3.07. The lowest BCUT2D eigenvalue weighted by Crippen LogP contribution is -2.46. The van der Waals surface area contributed by atoms with Crippen molar-refractivity contribution < 1.29 is 13.7 Å². The van der Waals surface area contributed by atoms with Gasteiger partial charge in [-0.25, -0.2) is 4.98 Å². The van der Waals surface area contributed by atoms with E-state index >= 15 is 0 Å². The van der Waals surface area contributed by atoms with E-state index in [9.17, 15) is 4.79 Å². The van der Waals surface area contributed by atoms with Crippen LogP contribution in [-0.4, -0.2) is 34.7 Å². The average Bonchev–Trinajstić information content (AvgIpc) is 3.16. The predicted molar refractivity (Wildman–Crippen MR) is 102 cm³/mol. The van der Waals surface area contributed by atoms with Crippen LogP contribution in [0.5, 0.6) is 0 Å². The van der Waals surface area contributed by atoms with Gasteiger partial charge < -0.3 is 19.6 Å². The topological polar surface area (TPSA) is 93.2 Å². The Morgan fingerprint density at radius 2 is 2.11 bits per heavy atom. The molecular formula is C20H24N4O3. The molecule has 3 aromatic rings. The number of piperidine rings is 1. The molecule has 4 heterocycles. The van der Waals surface area contributed by atoms with Gasteiger partial charge in [-0.3, -0.25) is 4.79 Å². The van der Waals surface area contributed by atoms with Gasteiger partial charge in [0.15, 0.2) is 0 Å². The molecule has 0 radical (unpaired) electrons. The molecule has 2 unspecified atom stereocenters. The molecule has 1 saturated heterocycles. The second-order valence-corrected chi connectivity index (χ2v) is 7.38. The number of pyridine rings is 1. The summed E-state index contributed by atoms with van der Waals surface area (Å²) in [6.07, 6.45) is 1.83. The maximum atomic E-state index is 13.1. The van der Waals surface area contributed by atoms with Crippen molar-refractivity contribution in [3.05, 3.63) is 34.9 Å². The third-order valence-corrected chi connectivity index (χ3v) is 5.14. The number of aryl methyl sites for hydroxylation is 3. The highest BCUT2D eigenvalue weighted by Crippen LogP contribution is 2.30. The number of hydrogen-bond donors (Lipinski definition) is 2. The Balaban J connectivity index is 1.75. The van der Waals surface area contributed by atoms with Crippen LogP contribution in [0.1, 0.15) is 47.3 Å². The van der Waals surface area contributed by atoms with Gasteiger partial charge in [-0.05, 0) is 59.2 Å². The molecule has 1 amide bonds. The van der Waals surface area contributed by atoms with Crippen molar-refractivity contribution in [1.82, 2.24) is 20.8 Å². The van der Waals surface area contributed by atoms with Gasteiger partial charge in [0.05, 0.1) is 22.3 Å². The number of carbonyl (C=O) groups is 1. The Hall–Kier alpha value is -2.67. The van der Waals surface area contributed by atoms with E-state index < -0.39 is 0 Å². The Bertz CT molecular complexity index is 1000. The van der Waals surface area contributed by atoms with Gasteiger partial charge in [-0.15, -0.1) is 0 Å². The van der Waals surface area contributed by atoms with Gasteiger partial charge in [0.2, 0.25) is 0 Å². The molecule has 7 nitrogen and oxygen atoms in total. The van der Waals surface area contributed by atoms with Gasteiger partial charge in [0.1, 0.15) is 11.5 Å². The van der Waals surface area contributed by atoms with Crippen LogP contribution in [0, 0.1) is 20.8 Å². The molecule has 3 aromatic heterocycles. The second kappa shape index (κ2) is 6.81. The summed E-state index contributed by atoms with van der Waals surface area (Å²) in [6.45, 7) is 8.64. The van der Waals surface area contributed by atoms with Crippen LogP contribution < -0.4 is 10.6 Å². The summed E-state index contributed by atoms with van der Waals surface area (Å²) < 4.78 is 11.0. The predicted octanol–water partition coefficient (Wildman–Crippen LogP) is 3.28. The van der Waals surface area contributed by atoms with Crippen LogP contribution in [0.25, 0.3) is 22.4 Å². The highest BCUT2D eigenvalue weighted by Gasteiger charge is 2.24. The van der Waals surface area contributed by atoms with Crippen molar-refractivity contribution in [3.8, 4) is 11.3 Å². The van der Waals surface area contributed by atoms with Crippen LogP contribution in [0.2, 0.25) is 0 Å². The van der Waals surface area contributed by atoms with E-state index in [2.05, 4.69) is 27.7 Å². The van der Waals surface area contributed by atoms with Gasteiger partial charge in [-0.1, -0.05) is 5.16 Å². The molecule has 27 heavy (non-hydrogen) atoms. The molecule has 7 heteroatoms. The number of furan rings is 1. The fraction of sp³-hybridized carbons (Fsp3) is 0.450. The summed E-state index contributed by atoms with van der Waals surface area (Å²) in [7, 11) is 0. The van der Waals surface area contributed by atoms with Crippen molar-refractivity contribution in [3.63, 3.8) is 0 Å². The molecule has 0 saturated carbocycles. The number of fused-ring (bicyclic) bond motifs is 1. The number of nitrogens with one attached hydrogen (secondary N) is 2.